The highest BCUT2D eigenvalue weighted by Crippen LogP contribution is 2.24. The van der Waals surface area contributed by atoms with Crippen molar-refractivity contribution in [2.24, 2.45) is 0 Å². The molecule has 4 rings (SSSR count). The molecule has 0 fully saturated rings. The molecule has 0 atom stereocenters. The lowest BCUT2D eigenvalue weighted by atomic mass is 10.1. The van der Waals surface area contributed by atoms with Crippen LogP contribution in [0.25, 0.3) is 16.8 Å². The Kier molecular flexibility index (Phi) is 6.16. The highest BCUT2D eigenvalue weighted by atomic mass is 79.9. The summed E-state index contributed by atoms with van der Waals surface area (Å²) in [6.07, 6.45) is 1.42. The fourth-order valence-corrected chi connectivity index (χ4v) is 3.31. The van der Waals surface area contributed by atoms with Gasteiger partial charge in [0.1, 0.15) is 35.5 Å². The number of rotatable bonds is 6. The molecule has 1 heterocycles. The van der Waals surface area contributed by atoms with Crippen LogP contribution in [0, 0.1) is 11.3 Å². The van der Waals surface area contributed by atoms with Crippen LogP contribution in [-0.2, 0) is 11.4 Å². The van der Waals surface area contributed by atoms with Crippen LogP contribution in [-0.4, -0.2) is 5.91 Å². The third kappa shape index (κ3) is 5.03. The van der Waals surface area contributed by atoms with Crippen LogP contribution in [0.15, 0.2) is 93.3 Å². The molecule has 31 heavy (non-hydrogen) atoms. The first-order chi connectivity index (χ1) is 15.1. The van der Waals surface area contributed by atoms with E-state index in [1.807, 2.05) is 66.7 Å². The zero-order valence-corrected chi connectivity index (χ0v) is 17.9. The smallest absolute Gasteiger partial charge is 0.266 e. The maximum absolute atomic E-state index is 12.7. The van der Waals surface area contributed by atoms with Crippen LogP contribution in [0.4, 0.5) is 5.69 Å². The first kappa shape index (κ1) is 20.5. The second kappa shape index (κ2) is 9.33. The molecular formula is C25H17BrN2O3. The van der Waals surface area contributed by atoms with Crippen molar-refractivity contribution in [1.82, 2.24) is 0 Å². The largest absolute Gasteiger partial charge is 0.486 e. The van der Waals surface area contributed by atoms with Gasteiger partial charge in [-0.3, -0.25) is 4.79 Å². The van der Waals surface area contributed by atoms with Gasteiger partial charge in [-0.15, -0.1) is 0 Å². The quantitative estimate of drug-likeness (QED) is 0.263. The van der Waals surface area contributed by atoms with Gasteiger partial charge >= 0.3 is 0 Å². The number of carbonyl (C=O) groups is 1. The number of halogens is 1. The van der Waals surface area contributed by atoms with Gasteiger partial charge in [0.05, 0.1) is 0 Å². The summed E-state index contributed by atoms with van der Waals surface area (Å²) in [6, 6.07) is 26.2. The Bertz CT molecular complexity index is 1300. The van der Waals surface area contributed by atoms with E-state index in [0.717, 1.165) is 15.2 Å². The van der Waals surface area contributed by atoms with Crippen molar-refractivity contribution in [3.63, 3.8) is 0 Å². The maximum Gasteiger partial charge on any atom is 0.266 e. The number of nitrogens with zero attached hydrogens (tertiary/aromatic N) is 1. The zero-order chi connectivity index (χ0) is 21.6. The Hall–Kier alpha value is -3.82. The van der Waals surface area contributed by atoms with Crippen molar-refractivity contribution in [2.45, 2.75) is 6.61 Å². The van der Waals surface area contributed by atoms with Gasteiger partial charge in [0.15, 0.2) is 0 Å². The van der Waals surface area contributed by atoms with Crippen molar-refractivity contribution in [3.05, 3.63) is 100 Å². The molecule has 0 saturated heterocycles. The Balaban J connectivity index is 1.46. The molecule has 0 spiro atoms. The van der Waals surface area contributed by atoms with E-state index in [1.165, 1.54) is 6.08 Å². The maximum atomic E-state index is 12.7. The van der Waals surface area contributed by atoms with Gasteiger partial charge in [-0.1, -0.05) is 52.3 Å². The van der Waals surface area contributed by atoms with Gasteiger partial charge in [-0.05, 0) is 47.9 Å². The summed E-state index contributed by atoms with van der Waals surface area (Å²) < 4.78 is 12.3. The SMILES string of the molecule is N#CC(=Cc1ccc(COc2ccc(Br)cc2)o1)C(=O)Nc1cccc2ccccc12. The Morgan fingerprint density at radius 1 is 1.03 bits per heavy atom. The molecule has 0 bridgehead atoms. The van der Waals surface area contributed by atoms with E-state index in [4.69, 9.17) is 9.15 Å². The Labute approximate surface area is 187 Å². The lowest BCUT2D eigenvalue weighted by Crippen LogP contribution is -2.13. The van der Waals surface area contributed by atoms with Crippen LogP contribution < -0.4 is 10.1 Å². The van der Waals surface area contributed by atoms with Crippen molar-refractivity contribution >= 4 is 44.4 Å². The molecule has 1 N–H and O–H groups in total. The molecule has 4 aromatic rings. The van der Waals surface area contributed by atoms with Gasteiger partial charge in [-0.2, -0.15) is 5.26 Å². The molecule has 0 saturated carbocycles. The average Bonchev–Trinajstić information content (AvgIpc) is 3.25. The number of ether oxygens (including phenoxy) is 1. The van der Waals surface area contributed by atoms with E-state index in [9.17, 15) is 10.1 Å². The summed E-state index contributed by atoms with van der Waals surface area (Å²) in [6.45, 7) is 0.236. The predicted molar refractivity (Wildman–Crippen MR) is 123 cm³/mol. The fourth-order valence-electron chi connectivity index (χ4n) is 3.05. The highest BCUT2D eigenvalue weighted by molar-refractivity contribution is 9.10. The second-order valence-electron chi connectivity index (χ2n) is 6.70. The van der Waals surface area contributed by atoms with E-state index < -0.39 is 5.91 Å². The molecule has 1 aromatic heterocycles. The fraction of sp³-hybridized carbons (Fsp3) is 0.0400. The first-order valence-corrected chi connectivity index (χ1v) is 10.3. The van der Waals surface area contributed by atoms with Crippen molar-refractivity contribution in [3.8, 4) is 11.8 Å². The monoisotopic (exact) mass is 472 g/mol. The molecule has 0 aliphatic rings. The van der Waals surface area contributed by atoms with Gasteiger partial charge in [0, 0.05) is 21.6 Å². The van der Waals surface area contributed by atoms with Crippen LogP contribution in [0.2, 0.25) is 0 Å². The lowest BCUT2D eigenvalue weighted by Gasteiger charge is -2.08. The molecule has 1 amide bonds. The third-order valence-corrected chi connectivity index (χ3v) is 5.10. The van der Waals surface area contributed by atoms with Gasteiger partial charge in [0.25, 0.3) is 5.91 Å². The molecule has 3 aromatic carbocycles. The number of hydrogen-bond donors (Lipinski definition) is 1. The van der Waals surface area contributed by atoms with Crippen LogP contribution >= 0.6 is 15.9 Å². The van der Waals surface area contributed by atoms with Crippen molar-refractivity contribution < 1.29 is 13.9 Å². The number of anilines is 1. The first-order valence-electron chi connectivity index (χ1n) is 9.50. The van der Waals surface area contributed by atoms with E-state index >= 15 is 0 Å². The molecule has 6 heteroatoms. The molecule has 152 valence electrons. The average molecular weight is 473 g/mol. The summed E-state index contributed by atoms with van der Waals surface area (Å²) in [4.78, 5) is 12.7. The van der Waals surface area contributed by atoms with Crippen LogP contribution in [0.1, 0.15) is 11.5 Å². The number of amides is 1. The van der Waals surface area contributed by atoms with Gasteiger partial charge in [-0.25, -0.2) is 0 Å². The van der Waals surface area contributed by atoms with Crippen molar-refractivity contribution in [1.29, 1.82) is 5.26 Å². The number of furan rings is 1. The molecule has 0 aliphatic heterocycles. The topological polar surface area (TPSA) is 75.3 Å². The van der Waals surface area contributed by atoms with E-state index in [2.05, 4.69) is 21.2 Å². The minimum absolute atomic E-state index is 0.0531. The normalized spacial score (nSPS) is 11.2. The summed E-state index contributed by atoms with van der Waals surface area (Å²) >= 11 is 3.38. The van der Waals surface area contributed by atoms with E-state index in [1.54, 1.807) is 18.2 Å². The van der Waals surface area contributed by atoms with Crippen LogP contribution in [0.5, 0.6) is 5.75 Å². The molecule has 0 unspecified atom stereocenters. The van der Waals surface area contributed by atoms with E-state index in [-0.39, 0.29) is 12.2 Å². The predicted octanol–water partition coefficient (Wildman–Crippen LogP) is 6.32. The number of nitrogens with one attached hydrogen (secondary N) is 1. The molecule has 0 aliphatic carbocycles. The zero-order valence-electron chi connectivity index (χ0n) is 16.3. The Morgan fingerprint density at radius 2 is 1.81 bits per heavy atom. The number of hydrogen-bond acceptors (Lipinski definition) is 4. The summed E-state index contributed by atoms with van der Waals surface area (Å²) in [5.74, 6) is 1.20. The summed E-state index contributed by atoms with van der Waals surface area (Å²) in [5, 5.41) is 14.2. The summed E-state index contributed by atoms with van der Waals surface area (Å²) in [5.41, 5.74) is 0.593. The number of benzene rings is 3. The number of fused-ring (bicyclic) bond motifs is 1. The van der Waals surface area contributed by atoms with Crippen molar-refractivity contribution in [2.75, 3.05) is 5.32 Å². The summed E-state index contributed by atoms with van der Waals surface area (Å²) in [7, 11) is 0. The minimum Gasteiger partial charge on any atom is -0.486 e. The Morgan fingerprint density at radius 3 is 2.61 bits per heavy atom. The number of nitriles is 1. The number of carbonyl (C=O) groups excluding carboxylic acids is 1. The van der Waals surface area contributed by atoms with Gasteiger partial charge < -0.3 is 14.5 Å². The standard InChI is InChI=1S/C25H17BrN2O3/c26-19-8-10-20(11-9-19)30-16-22-13-12-21(31-22)14-18(15-27)25(29)28-24-7-3-5-17-4-1-2-6-23(17)24/h1-14H,16H2,(H,28,29). The molecule has 5 nitrogen and oxygen atoms in total. The highest BCUT2D eigenvalue weighted by Gasteiger charge is 2.12. The van der Waals surface area contributed by atoms with E-state index in [0.29, 0.717) is 23.0 Å². The lowest BCUT2D eigenvalue weighted by molar-refractivity contribution is -0.112. The minimum atomic E-state index is -0.497. The third-order valence-electron chi connectivity index (χ3n) is 4.57. The van der Waals surface area contributed by atoms with Gasteiger partial charge in [0.2, 0.25) is 0 Å². The second-order valence-corrected chi connectivity index (χ2v) is 7.61. The van der Waals surface area contributed by atoms with Crippen LogP contribution in [0.3, 0.4) is 0 Å². The molecule has 0 radical (unpaired) electrons. The molecular weight excluding hydrogens is 456 g/mol.